The quantitative estimate of drug-likeness (QED) is 0.561. The number of nitrogens with one attached hydrogen (secondary N) is 2. The first kappa shape index (κ1) is 27.4. The van der Waals surface area contributed by atoms with Gasteiger partial charge in [-0.05, 0) is 48.2 Å². The highest BCUT2D eigenvalue weighted by molar-refractivity contribution is 5.82. The van der Waals surface area contributed by atoms with Crippen LogP contribution in [0.1, 0.15) is 40.2 Å². The zero-order valence-corrected chi connectivity index (χ0v) is 20.3. The number of carbonyl (C=O) groups excluding carboxylic acids is 1. The number of carbonyl (C=O) groups is 1. The van der Waals surface area contributed by atoms with Gasteiger partial charge in [0, 0.05) is 38.6 Å². The van der Waals surface area contributed by atoms with Crippen molar-refractivity contribution in [3.05, 3.63) is 70.3 Å². The van der Waals surface area contributed by atoms with Gasteiger partial charge < -0.3 is 20.3 Å². The Balaban J connectivity index is 1.58. The number of halogens is 6. The van der Waals surface area contributed by atoms with E-state index < -0.39 is 42.2 Å². The second kappa shape index (κ2) is 11.0. The van der Waals surface area contributed by atoms with E-state index in [1.165, 1.54) is 0 Å². The standard InChI is InChI=1S/C26H29F6N3O2/c1-16-4-2-3-5-20(16)21-6-9-35(24(36)22-13-33-7-8-34-22)14-23(21)37-15-17-10-18(25(27,28)29)12-19(11-17)26(30,31)32/h2-5,10-12,21-23,33-34H,6-9,13-15H2,1H3/t21-,22?,23-/m0/s1. The minimum absolute atomic E-state index is 0.103. The molecule has 5 nitrogen and oxygen atoms in total. The Labute approximate surface area is 211 Å². The summed E-state index contributed by atoms with van der Waals surface area (Å²) in [4.78, 5) is 14.8. The van der Waals surface area contributed by atoms with E-state index in [0.29, 0.717) is 38.2 Å². The fourth-order valence-corrected chi connectivity index (χ4v) is 5.00. The fourth-order valence-electron chi connectivity index (χ4n) is 5.00. The molecule has 0 radical (unpaired) electrons. The molecule has 2 aliphatic rings. The minimum atomic E-state index is -4.94. The van der Waals surface area contributed by atoms with Crippen LogP contribution < -0.4 is 10.6 Å². The molecule has 1 unspecified atom stereocenters. The summed E-state index contributed by atoms with van der Waals surface area (Å²) in [6, 6.07) is 8.69. The van der Waals surface area contributed by atoms with E-state index in [9.17, 15) is 31.1 Å². The van der Waals surface area contributed by atoms with E-state index in [-0.39, 0.29) is 30.0 Å². The number of piperazine rings is 1. The van der Waals surface area contributed by atoms with Crippen molar-refractivity contribution >= 4 is 5.91 Å². The van der Waals surface area contributed by atoms with Gasteiger partial charge in [0.2, 0.25) is 5.91 Å². The van der Waals surface area contributed by atoms with Crippen LogP contribution in [0.2, 0.25) is 0 Å². The van der Waals surface area contributed by atoms with Crippen molar-refractivity contribution in [2.75, 3.05) is 32.7 Å². The van der Waals surface area contributed by atoms with Crippen molar-refractivity contribution in [1.29, 1.82) is 0 Å². The molecule has 202 valence electrons. The number of hydrogen-bond donors (Lipinski definition) is 2. The van der Waals surface area contributed by atoms with Crippen molar-refractivity contribution in [3.8, 4) is 0 Å². The highest BCUT2D eigenvalue weighted by Crippen LogP contribution is 2.37. The van der Waals surface area contributed by atoms with E-state index in [2.05, 4.69) is 10.6 Å². The first-order valence-corrected chi connectivity index (χ1v) is 12.1. The molecule has 2 aliphatic heterocycles. The number of nitrogens with zero attached hydrogens (tertiary/aromatic N) is 1. The minimum Gasteiger partial charge on any atom is -0.371 e. The monoisotopic (exact) mass is 529 g/mol. The molecule has 2 heterocycles. The van der Waals surface area contributed by atoms with Gasteiger partial charge in [0.15, 0.2) is 0 Å². The van der Waals surface area contributed by atoms with Crippen LogP contribution in [-0.4, -0.2) is 55.7 Å². The lowest BCUT2D eigenvalue weighted by Gasteiger charge is -2.41. The van der Waals surface area contributed by atoms with Gasteiger partial charge in [0.1, 0.15) is 0 Å². The Hall–Kier alpha value is -2.63. The van der Waals surface area contributed by atoms with Crippen LogP contribution in [0.25, 0.3) is 0 Å². The first-order valence-electron chi connectivity index (χ1n) is 12.1. The summed E-state index contributed by atoms with van der Waals surface area (Å²) in [5, 5.41) is 6.34. The van der Waals surface area contributed by atoms with E-state index >= 15 is 0 Å². The van der Waals surface area contributed by atoms with Gasteiger partial charge in [0.25, 0.3) is 0 Å². The Morgan fingerprint density at radius 2 is 1.70 bits per heavy atom. The van der Waals surface area contributed by atoms with Gasteiger partial charge >= 0.3 is 12.4 Å². The predicted molar refractivity (Wildman–Crippen MR) is 125 cm³/mol. The molecule has 2 aromatic carbocycles. The number of likely N-dealkylation sites (tertiary alicyclic amines) is 1. The van der Waals surface area contributed by atoms with Crippen LogP contribution >= 0.6 is 0 Å². The Kier molecular flexibility index (Phi) is 8.15. The third-order valence-corrected chi connectivity index (χ3v) is 6.91. The van der Waals surface area contributed by atoms with Gasteiger partial charge in [-0.25, -0.2) is 0 Å². The molecule has 37 heavy (non-hydrogen) atoms. The molecule has 2 aromatic rings. The topological polar surface area (TPSA) is 53.6 Å². The summed E-state index contributed by atoms with van der Waals surface area (Å²) in [6.45, 7) is 4.01. The second-order valence-corrected chi connectivity index (χ2v) is 9.51. The summed E-state index contributed by atoms with van der Waals surface area (Å²) >= 11 is 0. The van der Waals surface area contributed by atoms with Gasteiger partial charge in [-0.2, -0.15) is 26.3 Å². The molecule has 0 bridgehead atoms. The third-order valence-electron chi connectivity index (χ3n) is 6.91. The number of rotatable bonds is 5. The van der Waals surface area contributed by atoms with Crippen LogP contribution in [-0.2, 0) is 28.5 Å². The lowest BCUT2D eigenvalue weighted by molar-refractivity contribution is -0.143. The normalized spacial score (nSPS) is 23.2. The van der Waals surface area contributed by atoms with Gasteiger partial charge in [0.05, 0.1) is 29.9 Å². The van der Waals surface area contributed by atoms with Crippen molar-refractivity contribution < 1.29 is 35.9 Å². The second-order valence-electron chi connectivity index (χ2n) is 9.51. The van der Waals surface area contributed by atoms with Gasteiger partial charge in [-0.1, -0.05) is 24.3 Å². The number of hydrogen-bond acceptors (Lipinski definition) is 4. The molecule has 11 heteroatoms. The summed E-state index contributed by atoms with van der Waals surface area (Å²) in [6.07, 6.45) is -9.93. The highest BCUT2D eigenvalue weighted by atomic mass is 19.4. The maximum absolute atomic E-state index is 13.3. The SMILES string of the molecule is Cc1ccccc1[C@@H]1CCN(C(=O)C2CNCCN2)C[C@@H]1OCc1cc(C(F)(F)F)cc(C(F)(F)F)c1. The number of ether oxygens (including phenoxy) is 1. The molecule has 0 spiro atoms. The van der Waals surface area contributed by atoms with E-state index in [0.717, 1.165) is 17.7 Å². The summed E-state index contributed by atoms with van der Waals surface area (Å²) in [5.74, 6) is -0.280. The molecule has 2 N–H and O–H groups in total. The van der Waals surface area contributed by atoms with Crippen LogP contribution in [0.5, 0.6) is 0 Å². The lowest BCUT2D eigenvalue weighted by Crippen LogP contribution is -2.59. The van der Waals surface area contributed by atoms with Crippen molar-refractivity contribution in [1.82, 2.24) is 15.5 Å². The summed E-state index contributed by atoms with van der Waals surface area (Å²) in [7, 11) is 0. The molecule has 4 rings (SSSR count). The molecular formula is C26H29F6N3O2. The van der Waals surface area contributed by atoms with Crippen molar-refractivity contribution in [2.45, 2.75) is 50.4 Å². The first-order chi connectivity index (χ1) is 17.4. The largest absolute Gasteiger partial charge is 0.416 e. The molecular weight excluding hydrogens is 500 g/mol. The van der Waals surface area contributed by atoms with Crippen molar-refractivity contribution in [2.24, 2.45) is 0 Å². The van der Waals surface area contributed by atoms with Crippen LogP contribution in [0.4, 0.5) is 26.3 Å². The van der Waals surface area contributed by atoms with Gasteiger partial charge in [-0.15, -0.1) is 0 Å². The number of amides is 1. The Bertz CT molecular complexity index is 1070. The average Bonchev–Trinajstić information content (AvgIpc) is 2.86. The number of aryl methyl sites for hydroxylation is 1. The fraction of sp³-hybridized carbons (Fsp3) is 0.500. The molecule has 0 saturated carbocycles. The lowest BCUT2D eigenvalue weighted by atomic mass is 9.84. The molecule has 1 amide bonds. The highest BCUT2D eigenvalue weighted by Gasteiger charge is 2.38. The molecule has 0 aromatic heterocycles. The maximum atomic E-state index is 13.3. The number of piperidine rings is 1. The molecule has 0 aliphatic carbocycles. The zero-order valence-electron chi connectivity index (χ0n) is 20.3. The smallest absolute Gasteiger partial charge is 0.371 e. The number of benzene rings is 2. The zero-order chi connectivity index (χ0) is 26.8. The van der Waals surface area contributed by atoms with E-state index in [1.807, 2.05) is 31.2 Å². The summed E-state index contributed by atoms with van der Waals surface area (Å²) < 4.78 is 85.9. The van der Waals surface area contributed by atoms with Crippen LogP contribution in [0.3, 0.4) is 0 Å². The Morgan fingerprint density at radius 1 is 1.03 bits per heavy atom. The maximum Gasteiger partial charge on any atom is 0.416 e. The Morgan fingerprint density at radius 3 is 2.30 bits per heavy atom. The van der Waals surface area contributed by atoms with Crippen LogP contribution in [0, 0.1) is 6.92 Å². The summed E-state index contributed by atoms with van der Waals surface area (Å²) in [5.41, 5.74) is -1.01. The molecule has 2 saturated heterocycles. The predicted octanol–water partition coefficient (Wildman–Crippen LogP) is 4.50. The average molecular weight is 530 g/mol. The third kappa shape index (κ3) is 6.63. The molecule has 3 atom stereocenters. The van der Waals surface area contributed by atoms with Crippen LogP contribution in [0.15, 0.2) is 42.5 Å². The number of alkyl halides is 6. The van der Waals surface area contributed by atoms with Crippen molar-refractivity contribution in [3.63, 3.8) is 0 Å². The molecule has 2 fully saturated rings. The van der Waals surface area contributed by atoms with E-state index in [1.54, 1.807) is 4.90 Å². The van der Waals surface area contributed by atoms with E-state index in [4.69, 9.17) is 4.74 Å². The van der Waals surface area contributed by atoms with Gasteiger partial charge in [-0.3, -0.25) is 4.79 Å².